The Labute approximate surface area is 81.0 Å². The predicted molar refractivity (Wildman–Crippen MR) is 49.7 cm³/mol. The average Bonchev–Trinajstić information content (AvgIpc) is 2.90. The molecule has 1 heterocycles. The van der Waals surface area contributed by atoms with Crippen molar-refractivity contribution in [1.82, 2.24) is 9.97 Å². The summed E-state index contributed by atoms with van der Waals surface area (Å²) in [6, 6.07) is 0. The zero-order valence-corrected chi connectivity index (χ0v) is 7.75. The van der Waals surface area contributed by atoms with E-state index in [-0.39, 0.29) is 12.1 Å². The Bertz CT molecular complexity index is 314. The third-order valence-electron chi connectivity index (χ3n) is 2.21. The fourth-order valence-corrected chi connectivity index (χ4v) is 1.28. The Morgan fingerprint density at radius 1 is 1.62 bits per heavy atom. The molecule has 1 aromatic rings. The number of nitrogens with one attached hydrogen (secondary N) is 1. The van der Waals surface area contributed by atoms with Crippen molar-refractivity contribution in [3.63, 3.8) is 0 Å². The van der Waals surface area contributed by atoms with Crippen LogP contribution in [0.3, 0.4) is 0 Å². The highest BCUT2D eigenvalue weighted by molar-refractivity contribution is 6.32. The van der Waals surface area contributed by atoms with Crippen LogP contribution >= 0.6 is 11.6 Å². The summed E-state index contributed by atoms with van der Waals surface area (Å²) in [5, 5.41) is 12.7. The highest BCUT2D eigenvalue weighted by Crippen LogP contribution is 2.38. The van der Waals surface area contributed by atoms with Gasteiger partial charge in [-0.1, -0.05) is 11.6 Å². The summed E-state index contributed by atoms with van der Waals surface area (Å²) in [6.45, 7) is 0.118. The van der Waals surface area contributed by atoms with Crippen LogP contribution in [0.2, 0.25) is 5.02 Å². The lowest BCUT2D eigenvalue weighted by Gasteiger charge is -2.15. The minimum atomic E-state index is -0.183. The SMILES string of the molecule is OCC1(Nc2ncncc2Cl)CC1. The molecule has 1 aliphatic rings. The molecule has 1 saturated carbocycles. The minimum absolute atomic E-state index is 0.118. The van der Waals surface area contributed by atoms with Crippen molar-refractivity contribution in [2.45, 2.75) is 18.4 Å². The molecule has 2 rings (SSSR count). The van der Waals surface area contributed by atoms with Crippen LogP contribution in [0.25, 0.3) is 0 Å². The van der Waals surface area contributed by atoms with Gasteiger partial charge in [0.1, 0.15) is 17.2 Å². The monoisotopic (exact) mass is 199 g/mol. The first-order valence-electron chi connectivity index (χ1n) is 4.10. The molecule has 0 unspecified atom stereocenters. The fraction of sp³-hybridized carbons (Fsp3) is 0.500. The van der Waals surface area contributed by atoms with Gasteiger partial charge in [0.25, 0.3) is 0 Å². The molecule has 0 spiro atoms. The number of nitrogens with zero attached hydrogens (tertiary/aromatic N) is 2. The largest absolute Gasteiger partial charge is 0.394 e. The van der Waals surface area contributed by atoms with Crippen molar-refractivity contribution in [3.05, 3.63) is 17.5 Å². The van der Waals surface area contributed by atoms with Crippen molar-refractivity contribution in [3.8, 4) is 0 Å². The van der Waals surface area contributed by atoms with E-state index >= 15 is 0 Å². The number of hydrogen-bond acceptors (Lipinski definition) is 4. The van der Waals surface area contributed by atoms with Crippen molar-refractivity contribution < 1.29 is 5.11 Å². The number of anilines is 1. The minimum Gasteiger partial charge on any atom is -0.394 e. The topological polar surface area (TPSA) is 58.0 Å². The zero-order valence-electron chi connectivity index (χ0n) is 7.00. The number of aliphatic hydroxyl groups is 1. The number of hydrogen-bond donors (Lipinski definition) is 2. The predicted octanol–water partition coefficient (Wildman–Crippen LogP) is 1.07. The molecule has 0 atom stereocenters. The van der Waals surface area contributed by atoms with Crippen LogP contribution in [0.4, 0.5) is 5.82 Å². The van der Waals surface area contributed by atoms with Crippen LogP contribution < -0.4 is 5.32 Å². The molecular formula is C8H10ClN3O. The van der Waals surface area contributed by atoms with Gasteiger partial charge in [-0.15, -0.1) is 0 Å². The normalized spacial score (nSPS) is 18.3. The molecule has 0 saturated heterocycles. The first kappa shape index (κ1) is 8.72. The Morgan fingerprint density at radius 2 is 2.38 bits per heavy atom. The van der Waals surface area contributed by atoms with Crippen molar-refractivity contribution in [1.29, 1.82) is 0 Å². The van der Waals surface area contributed by atoms with Gasteiger partial charge in [0, 0.05) is 0 Å². The molecular weight excluding hydrogens is 190 g/mol. The van der Waals surface area contributed by atoms with E-state index in [9.17, 15) is 0 Å². The van der Waals surface area contributed by atoms with Gasteiger partial charge in [-0.25, -0.2) is 9.97 Å². The zero-order chi connectivity index (χ0) is 9.31. The lowest BCUT2D eigenvalue weighted by Crippen LogP contribution is -2.26. The lowest BCUT2D eigenvalue weighted by molar-refractivity contribution is 0.266. The quantitative estimate of drug-likeness (QED) is 0.765. The molecule has 0 radical (unpaired) electrons. The molecule has 0 aliphatic heterocycles. The van der Waals surface area contributed by atoms with Gasteiger partial charge in [-0.2, -0.15) is 0 Å². The number of aromatic nitrogens is 2. The molecule has 4 nitrogen and oxygen atoms in total. The molecule has 2 N–H and O–H groups in total. The Hall–Kier alpha value is -0.870. The van der Waals surface area contributed by atoms with E-state index in [1.54, 1.807) is 0 Å². The van der Waals surface area contributed by atoms with Gasteiger partial charge in [0.2, 0.25) is 0 Å². The summed E-state index contributed by atoms with van der Waals surface area (Å²) in [4.78, 5) is 7.76. The summed E-state index contributed by atoms with van der Waals surface area (Å²) in [6.07, 6.45) is 4.89. The van der Waals surface area contributed by atoms with Crippen LogP contribution in [0, 0.1) is 0 Å². The summed E-state index contributed by atoms with van der Waals surface area (Å²) in [7, 11) is 0. The average molecular weight is 200 g/mol. The van der Waals surface area contributed by atoms with E-state index in [4.69, 9.17) is 16.7 Å². The van der Waals surface area contributed by atoms with Crippen LogP contribution in [-0.2, 0) is 0 Å². The second kappa shape index (κ2) is 3.12. The number of aliphatic hydroxyl groups excluding tert-OH is 1. The molecule has 70 valence electrons. The molecule has 1 fully saturated rings. The third kappa shape index (κ3) is 1.73. The number of halogens is 1. The fourth-order valence-electron chi connectivity index (χ4n) is 1.13. The molecule has 5 heteroatoms. The molecule has 0 bridgehead atoms. The third-order valence-corrected chi connectivity index (χ3v) is 2.48. The summed E-state index contributed by atoms with van der Waals surface area (Å²) < 4.78 is 0. The first-order valence-corrected chi connectivity index (χ1v) is 4.48. The second-order valence-electron chi connectivity index (χ2n) is 3.28. The van der Waals surface area contributed by atoms with Crippen LogP contribution in [-0.4, -0.2) is 27.2 Å². The van der Waals surface area contributed by atoms with Gasteiger partial charge in [0.05, 0.1) is 18.3 Å². The maximum atomic E-state index is 9.06. The summed E-state index contributed by atoms with van der Waals surface area (Å²) in [5.74, 6) is 0.600. The molecule has 1 aliphatic carbocycles. The lowest BCUT2D eigenvalue weighted by atomic mass is 10.3. The van der Waals surface area contributed by atoms with Gasteiger partial charge in [0.15, 0.2) is 0 Å². The smallest absolute Gasteiger partial charge is 0.148 e. The Morgan fingerprint density at radius 3 is 2.92 bits per heavy atom. The van der Waals surface area contributed by atoms with E-state index in [1.165, 1.54) is 12.5 Å². The highest BCUT2D eigenvalue weighted by atomic mass is 35.5. The highest BCUT2D eigenvalue weighted by Gasteiger charge is 2.42. The standard InChI is InChI=1S/C8H10ClN3O/c9-6-3-10-5-11-7(6)12-8(4-13)1-2-8/h3,5,13H,1-2,4H2,(H,10,11,12). The van der Waals surface area contributed by atoms with Crippen LogP contribution in [0.5, 0.6) is 0 Å². The van der Waals surface area contributed by atoms with E-state index in [0.717, 1.165) is 12.8 Å². The summed E-state index contributed by atoms with van der Waals surface area (Å²) in [5.41, 5.74) is -0.183. The van der Waals surface area contributed by atoms with Crippen molar-refractivity contribution in [2.24, 2.45) is 0 Å². The van der Waals surface area contributed by atoms with Gasteiger partial charge >= 0.3 is 0 Å². The van der Waals surface area contributed by atoms with Crippen molar-refractivity contribution >= 4 is 17.4 Å². The van der Waals surface area contributed by atoms with Crippen LogP contribution in [0.15, 0.2) is 12.5 Å². The number of rotatable bonds is 3. The van der Waals surface area contributed by atoms with E-state index in [1.807, 2.05) is 0 Å². The first-order chi connectivity index (χ1) is 6.26. The molecule has 0 amide bonds. The Balaban J connectivity index is 2.14. The maximum Gasteiger partial charge on any atom is 0.148 e. The molecule has 13 heavy (non-hydrogen) atoms. The van der Waals surface area contributed by atoms with E-state index in [0.29, 0.717) is 10.8 Å². The van der Waals surface area contributed by atoms with Crippen LogP contribution in [0.1, 0.15) is 12.8 Å². The molecule has 0 aromatic carbocycles. The Kier molecular flexibility index (Phi) is 2.09. The van der Waals surface area contributed by atoms with E-state index in [2.05, 4.69) is 15.3 Å². The van der Waals surface area contributed by atoms with E-state index < -0.39 is 0 Å². The maximum absolute atomic E-state index is 9.06. The molecule has 1 aromatic heterocycles. The van der Waals surface area contributed by atoms with Gasteiger partial charge < -0.3 is 10.4 Å². The summed E-state index contributed by atoms with van der Waals surface area (Å²) >= 11 is 5.85. The van der Waals surface area contributed by atoms with Gasteiger partial charge in [-0.05, 0) is 12.8 Å². The van der Waals surface area contributed by atoms with Gasteiger partial charge in [-0.3, -0.25) is 0 Å². The van der Waals surface area contributed by atoms with Crippen molar-refractivity contribution in [2.75, 3.05) is 11.9 Å². The second-order valence-corrected chi connectivity index (χ2v) is 3.69.